The fraction of sp³-hybridized carbons (Fsp3) is 0.667. The van der Waals surface area contributed by atoms with E-state index in [1.54, 1.807) is 6.08 Å². The topological polar surface area (TPSA) is 38.8 Å². The maximum absolute atomic E-state index is 11.1. The Balaban J connectivity index is 2.14. The Hall–Kier alpha value is -0.870. The summed E-state index contributed by atoms with van der Waals surface area (Å²) >= 11 is 0. The lowest BCUT2D eigenvalue weighted by atomic mass is 10.4. The molecule has 1 rings (SSSR count). The number of hydrogen-bond acceptors (Lipinski definition) is 4. The largest absolute Gasteiger partial charge is 0.461 e. The lowest BCUT2D eigenvalue weighted by Gasteiger charge is -2.25. The molecule has 0 saturated carbocycles. The first-order valence-corrected chi connectivity index (χ1v) is 4.39. The van der Waals surface area contributed by atoms with E-state index in [1.165, 1.54) is 0 Å². The van der Waals surface area contributed by atoms with Crippen molar-refractivity contribution in [3.63, 3.8) is 0 Å². The van der Waals surface area contributed by atoms with Gasteiger partial charge in [-0.25, -0.2) is 0 Å². The molecule has 0 aromatic heterocycles. The highest BCUT2D eigenvalue weighted by atomic mass is 16.5. The molecule has 1 fully saturated rings. The molecule has 0 N–H and O–H groups in total. The van der Waals surface area contributed by atoms with Crippen molar-refractivity contribution < 1.29 is 14.3 Å². The summed E-state index contributed by atoms with van der Waals surface area (Å²) in [5, 5.41) is 0. The van der Waals surface area contributed by atoms with Gasteiger partial charge in [0.15, 0.2) is 0 Å². The van der Waals surface area contributed by atoms with Gasteiger partial charge in [0.25, 0.3) is 0 Å². The first-order chi connectivity index (χ1) is 6.33. The Morgan fingerprint density at radius 3 is 2.85 bits per heavy atom. The van der Waals surface area contributed by atoms with Gasteiger partial charge in [-0.1, -0.05) is 12.7 Å². The van der Waals surface area contributed by atoms with Crippen molar-refractivity contribution in [2.24, 2.45) is 0 Å². The summed E-state index contributed by atoms with van der Waals surface area (Å²) < 4.78 is 10.0. The third kappa shape index (κ3) is 4.05. The third-order valence-electron chi connectivity index (χ3n) is 1.82. The van der Waals surface area contributed by atoms with Gasteiger partial charge < -0.3 is 9.47 Å². The van der Waals surface area contributed by atoms with Gasteiger partial charge in [0.2, 0.25) is 0 Å². The maximum atomic E-state index is 11.1. The Morgan fingerprint density at radius 1 is 1.54 bits per heavy atom. The Morgan fingerprint density at radius 2 is 2.23 bits per heavy atom. The standard InChI is InChI=1S/C9H15NO3/c1-2-5-13-9(11)8-10-3-6-12-7-4-10/h2H,1,3-8H2. The zero-order valence-corrected chi connectivity index (χ0v) is 7.70. The van der Waals surface area contributed by atoms with E-state index in [2.05, 4.69) is 6.58 Å². The predicted octanol–water partition coefficient (Wildman–Crippen LogP) is 0.0478. The summed E-state index contributed by atoms with van der Waals surface area (Å²) in [6, 6.07) is 0. The molecule has 0 unspecified atom stereocenters. The lowest BCUT2D eigenvalue weighted by Crippen LogP contribution is -2.40. The van der Waals surface area contributed by atoms with Gasteiger partial charge in [-0.3, -0.25) is 9.69 Å². The van der Waals surface area contributed by atoms with Crippen LogP contribution in [0.2, 0.25) is 0 Å². The number of carbonyl (C=O) groups is 1. The highest BCUT2D eigenvalue weighted by Crippen LogP contribution is 1.96. The second kappa shape index (κ2) is 5.72. The molecule has 0 amide bonds. The van der Waals surface area contributed by atoms with Crippen molar-refractivity contribution in [3.05, 3.63) is 12.7 Å². The molecule has 13 heavy (non-hydrogen) atoms. The SMILES string of the molecule is C=CCOC(=O)CN1CCOCC1. The van der Waals surface area contributed by atoms with E-state index >= 15 is 0 Å². The van der Waals surface area contributed by atoms with Gasteiger partial charge in [-0.15, -0.1) is 0 Å². The number of hydrogen-bond donors (Lipinski definition) is 0. The molecule has 1 saturated heterocycles. The minimum absolute atomic E-state index is 0.193. The van der Waals surface area contributed by atoms with Crippen LogP contribution in [0.25, 0.3) is 0 Å². The van der Waals surface area contributed by atoms with Crippen LogP contribution in [-0.4, -0.2) is 50.3 Å². The minimum Gasteiger partial charge on any atom is -0.461 e. The number of nitrogens with zero attached hydrogens (tertiary/aromatic N) is 1. The van der Waals surface area contributed by atoms with Gasteiger partial charge in [0.05, 0.1) is 19.8 Å². The monoisotopic (exact) mass is 185 g/mol. The first-order valence-electron chi connectivity index (χ1n) is 4.39. The van der Waals surface area contributed by atoms with Crippen LogP contribution >= 0.6 is 0 Å². The molecule has 1 heterocycles. The molecule has 0 radical (unpaired) electrons. The van der Waals surface area contributed by atoms with Crippen molar-refractivity contribution in [3.8, 4) is 0 Å². The zero-order valence-electron chi connectivity index (χ0n) is 7.70. The van der Waals surface area contributed by atoms with E-state index in [0.717, 1.165) is 13.1 Å². The molecule has 1 aliphatic heterocycles. The molecule has 4 heteroatoms. The first kappa shape index (κ1) is 10.2. The highest BCUT2D eigenvalue weighted by Gasteiger charge is 2.14. The molecule has 4 nitrogen and oxygen atoms in total. The van der Waals surface area contributed by atoms with Crippen LogP contribution in [0.15, 0.2) is 12.7 Å². The minimum atomic E-state index is -0.193. The molecule has 0 bridgehead atoms. The average molecular weight is 185 g/mol. The van der Waals surface area contributed by atoms with Crippen molar-refractivity contribution in [1.82, 2.24) is 4.90 Å². The summed E-state index contributed by atoms with van der Waals surface area (Å²) in [6.45, 7) is 7.15. The predicted molar refractivity (Wildman–Crippen MR) is 48.4 cm³/mol. The van der Waals surface area contributed by atoms with Gasteiger partial charge in [0, 0.05) is 13.1 Å². The molecule has 74 valence electrons. The van der Waals surface area contributed by atoms with Gasteiger partial charge >= 0.3 is 5.97 Å². The van der Waals surface area contributed by atoms with Crippen molar-refractivity contribution in [2.45, 2.75) is 0 Å². The van der Waals surface area contributed by atoms with Crippen LogP contribution in [0.5, 0.6) is 0 Å². The van der Waals surface area contributed by atoms with E-state index in [9.17, 15) is 4.79 Å². The molecule has 0 aliphatic carbocycles. The van der Waals surface area contributed by atoms with Crippen LogP contribution in [0.3, 0.4) is 0 Å². The second-order valence-corrected chi connectivity index (χ2v) is 2.86. The lowest BCUT2D eigenvalue weighted by molar-refractivity contribution is -0.144. The van der Waals surface area contributed by atoms with Crippen LogP contribution in [0.1, 0.15) is 0 Å². The van der Waals surface area contributed by atoms with Crippen LogP contribution < -0.4 is 0 Å². The average Bonchev–Trinajstić information content (AvgIpc) is 2.16. The summed E-state index contributed by atoms with van der Waals surface area (Å²) in [6.07, 6.45) is 1.57. The number of ether oxygens (including phenoxy) is 2. The van der Waals surface area contributed by atoms with Crippen molar-refractivity contribution >= 4 is 5.97 Å². The van der Waals surface area contributed by atoms with Gasteiger partial charge in [0.1, 0.15) is 6.61 Å². The summed E-state index contributed by atoms with van der Waals surface area (Å²) in [5.41, 5.74) is 0. The number of esters is 1. The maximum Gasteiger partial charge on any atom is 0.320 e. The second-order valence-electron chi connectivity index (χ2n) is 2.86. The van der Waals surface area contributed by atoms with Crippen LogP contribution in [0.4, 0.5) is 0 Å². The number of rotatable bonds is 4. The van der Waals surface area contributed by atoms with Crippen molar-refractivity contribution in [2.75, 3.05) is 39.5 Å². The van der Waals surface area contributed by atoms with E-state index in [4.69, 9.17) is 9.47 Å². The van der Waals surface area contributed by atoms with E-state index < -0.39 is 0 Å². The normalized spacial score (nSPS) is 18.2. The summed E-state index contributed by atoms with van der Waals surface area (Å²) in [4.78, 5) is 13.1. The van der Waals surface area contributed by atoms with Crippen LogP contribution in [-0.2, 0) is 14.3 Å². The summed E-state index contributed by atoms with van der Waals surface area (Å²) in [5.74, 6) is -0.193. The molecule has 0 spiro atoms. The molecule has 0 aromatic carbocycles. The number of morpholine rings is 1. The Kier molecular flexibility index (Phi) is 4.49. The highest BCUT2D eigenvalue weighted by molar-refractivity contribution is 5.71. The zero-order chi connectivity index (χ0) is 9.52. The molecule has 1 aliphatic rings. The van der Waals surface area contributed by atoms with E-state index in [0.29, 0.717) is 26.4 Å². The molecule has 0 atom stereocenters. The third-order valence-corrected chi connectivity index (χ3v) is 1.82. The fourth-order valence-corrected chi connectivity index (χ4v) is 1.14. The quantitative estimate of drug-likeness (QED) is 0.458. The smallest absolute Gasteiger partial charge is 0.320 e. The number of carbonyl (C=O) groups excluding carboxylic acids is 1. The van der Waals surface area contributed by atoms with Gasteiger partial charge in [-0.2, -0.15) is 0 Å². The summed E-state index contributed by atoms with van der Waals surface area (Å²) in [7, 11) is 0. The van der Waals surface area contributed by atoms with E-state index in [1.807, 2.05) is 4.90 Å². The van der Waals surface area contributed by atoms with Crippen molar-refractivity contribution in [1.29, 1.82) is 0 Å². The Labute approximate surface area is 78.1 Å². The molecular weight excluding hydrogens is 170 g/mol. The molecular formula is C9H15NO3. The molecule has 0 aromatic rings. The Bertz CT molecular complexity index is 176. The fourth-order valence-electron chi connectivity index (χ4n) is 1.14. The van der Waals surface area contributed by atoms with E-state index in [-0.39, 0.29) is 5.97 Å². The van der Waals surface area contributed by atoms with Gasteiger partial charge in [-0.05, 0) is 0 Å². The van der Waals surface area contributed by atoms with Crippen LogP contribution in [0, 0.1) is 0 Å².